The second-order valence-corrected chi connectivity index (χ2v) is 3.03. The van der Waals surface area contributed by atoms with E-state index in [4.69, 9.17) is 11.5 Å². The van der Waals surface area contributed by atoms with Gasteiger partial charge in [-0.1, -0.05) is 0 Å². The summed E-state index contributed by atoms with van der Waals surface area (Å²) in [4.78, 5) is 0. The Morgan fingerprint density at radius 2 is 1.70 bits per heavy atom. The topological polar surface area (TPSA) is 64.1 Å². The molecule has 3 unspecified atom stereocenters. The highest BCUT2D eigenvalue weighted by Gasteiger charge is 2.05. The maximum Gasteiger partial charge on any atom is 0.0188 e. The zero-order chi connectivity index (χ0) is 8.15. The zero-order valence-electron chi connectivity index (χ0n) is 7.09. The van der Waals surface area contributed by atoms with E-state index in [1.807, 2.05) is 13.8 Å². The molecule has 0 heterocycles. The summed E-state index contributed by atoms with van der Waals surface area (Å²) in [7, 11) is 0. The molecule has 0 aromatic carbocycles. The molecule has 0 aliphatic rings. The standard InChI is InChI=1S/C7H19N3/c1-5(8)4-10-7(3)6(2)9/h5-7,10H,4,8-9H2,1-3H3. The SMILES string of the molecule is CC(N)CNC(C)C(C)N. The number of nitrogens with one attached hydrogen (secondary N) is 1. The van der Waals surface area contributed by atoms with Crippen LogP contribution in [-0.4, -0.2) is 24.7 Å². The summed E-state index contributed by atoms with van der Waals surface area (Å²) in [6.07, 6.45) is 0. The van der Waals surface area contributed by atoms with E-state index in [9.17, 15) is 0 Å². The van der Waals surface area contributed by atoms with Crippen molar-refractivity contribution in [1.29, 1.82) is 0 Å². The molecule has 0 amide bonds. The van der Waals surface area contributed by atoms with Gasteiger partial charge in [0.2, 0.25) is 0 Å². The van der Waals surface area contributed by atoms with Crippen LogP contribution in [0.15, 0.2) is 0 Å². The fraction of sp³-hybridized carbons (Fsp3) is 1.00. The maximum absolute atomic E-state index is 5.62. The minimum atomic E-state index is 0.193. The first-order chi connectivity index (χ1) is 4.54. The predicted octanol–water partition coefficient (Wildman–Crippen LogP) is -0.341. The van der Waals surface area contributed by atoms with Gasteiger partial charge in [0.1, 0.15) is 0 Å². The smallest absolute Gasteiger partial charge is 0.0188 e. The van der Waals surface area contributed by atoms with Crippen molar-refractivity contribution < 1.29 is 0 Å². The minimum absolute atomic E-state index is 0.193. The average molecular weight is 145 g/mol. The molecule has 0 saturated carbocycles. The van der Waals surface area contributed by atoms with Gasteiger partial charge in [0.15, 0.2) is 0 Å². The molecule has 3 heteroatoms. The number of nitrogens with two attached hydrogens (primary N) is 2. The van der Waals surface area contributed by atoms with Crippen molar-refractivity contribution in [2.45, 2.75) is 38.9 Å². The first kappa shape index (κ1) is 9.88. The van der Waals surface area contributed by atoms with Gasteiger partial charge >= 0.3 is 0 Å². The van der Waals surface area contributed by atoms with Gasteiger partial charge in [-0.15, -0.1) is 0 Å². The molecular weight excluding hydrogens is 126 g/mol. The van der Waals surface area contributed by atoms with Crippen molar-refractivity contribution in [2.24, 2.45) is 11.5 Å². The Morgan fingerprint density at radius 1 is 1.20 bits per heavy atom. The molecule has 3 atom stereocenters. The van der Waals surface area contributed by atoms with Crippen LogP contribution >= 0.6 is 0 Å². The zero-order valence-corrected chi connectivity index (χ0v) is 7.09. The summed E-state index contributed by atoms with van der Waals surface area (Å²) in [5.74, 6) is 0. The molecule has 0 aromatic heterocycles. The third-order valence-electron chi connectivity index (χ3n) is 1.55. The molecule has 3 nitrogen and oxygen atoms in total. The van der Waals surface area contributed by atoms with E-state index in [0.717, 1.165) is 6.54 Å². The van der Waals surface area contributed by atoms with Gasteiger partial charge < -0.3 is 16.8 Å². The minimum Gasteiger partial charge on any atom is -0.327 e. The van der Waals surface area contributed by atoms with Crippen molar-refractivity contribution >= 4 is 0 Å². The molecule has 5 N–H and O–H groups in total. The molecule has 0 radical (unpaired) electrons. The molecule has 0 rings (SSSR count). The van der Waals surface area contributed by atoms with Gasteiger partial charge in [-0.2, -0.15) is 0 Å². The van der Waals surface area contributed by atoms with Crippen LogP contribution in [0.2, 0.25) is 0 Å². The van der Waals surface area contributed by atoms with E-state index in [1.54, 1.807) is 0 Å². The van der Waals surface area contributed by atoms with E-state index >= 15 is 0 Å². The summed E-state index contributed by atoms with van der Waals surface area (Å²) in [6.45, 7) is 6.86. The van der Waals surface area contributed by atoms with Crippen molar-refractivity contribution in [2.75, 3.05) is 6.54 Å². The maximum atomic E-state index is 5.62. The molecule has 62 valence electrons. The molecular formula is C7H19N3. The Balaban J connectivity index is 3.30. The summed E-state index contributed by atoms with van der Waals surface area (Å²) in [6, 6.07) is 0.756. The lowest BCUT2D eigenvalue weighted by Gasteiger charge is -2.18. The van der Waals surface area contributed by atoms with Crippen LogP contribution in [0, 0.1) is 0 Å². The number of rotatable bonds is 4. The quantitative estimate of drug-likeness (QED) is 0.507. The molecule has 10 heavy (non-hydrogen) atoms. The van der Waals surface area contributed by atoms with Crippen LogP contribution in [0.4, 0.5) is 0 Å². The van der Waals surface area contributed by atoms with Gasteiger partial charge in [-0.3, -0.25) is 0 Å². The number of hydrogen-bond acceptors (Lipinski definition) is 3. The Kier molecular flexibility index (Phi) is 4.60. The van der Waals surface area contributed by atoms with Crippen LogP contribution in [0.5, 0.6) is 0 Å². The van der Waals surface area contributed by atoms with E-state index in [-0.39, 0.29) is 12.1 Å². The first-order valence-corrected chi connectivity index (χ1v) is 3.78. The van der Waals surface area contributed by atoms with E-state index in [1.165, 1.54) is 0 Å². The summed E-state index contributed by atoms with van der Waals surface area (Å²) in [5.41, 5.74) is 11.2. The van der Waals surface area contributed by atoms with Crippen molar-refractivity contribution in [3.8, 4) is 0 Å². The summed E-state index contributed by atoms with van der Waals surface area (Å²) in [5, 5.41) is 3.23. The fourth-order valence-electron chi connectivity index (χ4n) is 0.558. The molecule has 0 aliphatic heterocycles. The predicted molar refractivity (Wildman–Crippen MR) is 44.8 cm³/mol. The van der Waals surface area contributed by atoms with Crippen LogP contribution in [0.25, 0.3) is 0 Å². The van der Waals surface area contributed by atoms with Gasteiger partial charge in [-0.05, 0) is 20.8 Å². The van der Waals surface area contributed by atoms with Gasteiger partial charge in [-0.25, -0.2) is 0 Å². The van der Waals surface area contributed by atoms with Crippen LogP contribution in [-0.2, 0) is 0 Å². The van der Waals surface area contributed by atoms with E-state index < -0.39 is 0 Å². The third-order valence-corrected chi connectivity index (χ3v) is 1.55. The Morgan fingerprint density at radius 3 is 2.00 bits per heavy atom. The highest BCUT2D eigenvalue weighted by atomic mass is 15.0. The molecule has 0 bridgehead atoms. The Labute approximate surface area is 63.2 Å². The van der Waals surface area contributed by atoms with E-state index in [0.29, 0.717) is 6.04 Å². The Hall–Kier alpha value is -0.120. The van der Waals surface area contributed by atoms with Gasteiger partial charge in [0.05, 0.1) is 0 Å². The lowest BCUT2D eigenvalue weighted by atomic mass is 10.2. The highest BCUT2D eigenvalue weighted by molar-refractivity contribution is 4.71. The monoisotopic (exact) mass is 145 g/mol. The average Bonchev–Trinajstić information content (AvgIpc) is 1.82. The van der Waals surface area contributed by atoms with Crippen molar-refractivity contribution in [3.63, 3.8) is 0 Å². The largest absolute Gasteiger partial charge is 0.327 e. The van der Waals surface area contributed by atoms with Gasteiger partial charge in [0.25, 0.3) is 0 Å². The molecule has 0 spiro atoms. The first-order valence-electron chi connectivity index (χ1n) is 3.78. The van der Waals surface area contributed by atoms with E-state index in [2.05, 4.69) is 12.2 Å². The van der Waals surface area contributed by atoms with Crippen LogP contribution < -0.4 is 16.8 Å². The fourth-order valence-corrected chi connectivity index (χ4v) is 0.558. The summed E-state index contributed by atoms with van der Waals surface area (Å²) < 4.78 is 0. The number of hydrogen-bond donors (Lipinski definition) is 3. The van der Waals surface area contributed by atoms with Crippen molar-refractivity contribution in [3.05, 3.63) is 0 Å². The molecule has 0 aliphatic carbocycles. The molecule has 0 aromatic rings. The second kappa shape index (κ2) is 4.66. The van der Waals surface area contributed by atoms with Crippen molar-refractivity contribution in [1.82, 2.24) is 5.32 Å². The highest BCUT2D eigenvalue weighted by Crippen LogP contribution is 1.86. The third kappa shape index (κ3) is 4.73. The Bertz CT molecular complexity index is 80.9. The molecule has 0 fully saturated rings. The lowest BCUT2D eigenvalue weighted by molar-refractivity contribution is 0.461. The second-order valence-electron chi connectivity index (χ2n) is 3.03. The van der Waals surface area contributed by atoms with Crippen LogP contribution in [0.1, 0.15) is 20.8 Å². The normalized spacial score (nSPS) is 20.1. The van der Waals surface area contributed by atoms with Gasteiger partial charge in [0, 0.05) is 24.7 Å². The van der Waals surface area contributed by atoms with Crippen LogP contribution in [0.3, 0.4) is 0 Å². The lowest BCUT2D eigenvalue weighted by Crippen LogP contribution is -2.45. The summed E-state index contributed by atoms with van der Waals surface area (Å²) >= 11 is 0. The molecule has 0 saturated heterocycles.